The third kappa shape index (κ3) is 3.43. The zero-order valence-corrected chi connectivity index (χ0v) is 10.5. The lowest BCUT2D eigenvalue weighted by Gasteiger charge is -2.12. The summed E-state index contributed by atoms with van der Waals surface area (Å²) in [4.78, 5) is 24.8. The van der Waals surface area contributed by atoms with E-state index in [2.05, 4.69) is 32.2 Å². The molecule has 0 aliphatic heterocycles. The highest BCUT2D eigenvalue weighted by Crippen LogP contribution is 2.26. The number of carbonyl (C=O) groups is 1. The third-order valence-corrected chi connectivity index (χ3v) is 2.40. The van der Waals surface area contributed by atoms with Crippen LogP contribution in [0, 0.1) is 22.5 Å². The maximum Gasteiger partial charge on any atom is 0.327 e. The summed E-state index contributed by atoms with van der Waals surface area (Å²) >= 11 is 3.05. The van der Waals surface area contributed by atoms with Gasteiger partial charge in [0, 0.05) is 23.2 Å². The summed E-state index contributed by atoms with van der Waals surface area (Å²) in [5, 5.41) is 22.1. The van der Waals surface area contributed by atoms with Crippen LogP contribution in [0.4, 0.5) is 11.5 Å². The molecule has 0 saturated carbocycles. The number of nitrogens with zero attached hydrogens (tertiary/aromatic N) is 2. The van der Waals surface area contributed by atoms with Crippen molar-refractivity contribution in [2.24, 2.45) is 0 Å². The van der Waals surface area contributed by atoms with Gasteiger partial charge in [-0.05, 0) is 15.9 Å². The van der Waals surface area contributed by atoms with Gasteiger partial charge in [0.15, 0.2) is 0 Å². The Morgan fingerprint density at radius 3 is 2.94 bits per heavy atom. The van der Waals surface area contributed by atoms with E-state index in [0.29, 0.717) is 4.47 Å². The lowest BCUT2D eigenvalue weighted by molar-refractivity contribution is -0.384. The number of aliphatic carboxylic acids is 1. The molecule has 0 fully saturated rings. The predicted octanol–water partition coefficient (Wildman–Crippen LogP) is 1.64. The summed E-state index contributed by atoms with van der Waals surface area (Å²) < 4.78 is 0.420. The van der Waals surface area contributed by atoms with Gasteiger partial charge in [0.1, 0.15) is 6.04 Å². The number of aromatic nitrogens is 1. The molecule has 94 valence electrons. The van der Waals surface area contributed by atoms with Gasteiger partial charge in [0.05, 0.1) is 4.92 Å². The zero-order valence-electron chi connectivity index (χ0n) is 8.96. The number of nitro groups is 1. The van der Waals surface area contributed by atoms with Gasteiger partial charge in [-0.2, -0.15) is 0 Å². The van der Waals surface area contributed by atoms with Crippen molar-refractivity contribution in [3.63, 3.8) is 0 Å². The second kappa shape index (κ2) is 5.97. The molecule has 1 aromatic rings. The molecule has 18 heavy (non-hydrogen) atoms. The van der Waals surface area contributed by atoms with E-state index in [1.54, 1.807) is 0 Å². The van der Waals surface area contributed by atoms with Crippen LogP contribution in [0.2, 0.25) is 0 Å². The first kappa shape index (κ1) is 13.9. The lowest BCUT2D eigenvalue weighted by atomic mass is 10.2. The van der Waals surface area contributed by atoms with E-state index in [1.165, 1.54) is 12.3 Å². The van der Waals surface area contributed by atoms with Crippen LogP contribution in [-0.2, 0) is 4.79 Å². The third-order valence-electron chi connectivity index (χ3n) is 1.96. The smallest absolute Gasteiger partial charge is 0.327 e. The molecule has 0 saturated heterocycles. The number of terminal acetylenes is 1. The molecular formula is C10H8BrN3O4. The number of halogens is 1. The van der Waals surface area contributed by atoms with Gasteiger partial charge in [-0.1, -0.05) is 0 Å². The fourth-order valence-electron chi connectivity index (χ4n) is 1.16. The number of anilines is 1. The molecule has 0 amide bonds. The molecule has 0 aliphatic carbocycles. The highest BCUT2D eigenvalue weighted by atomic mass is 79.9. The van der Waals surface area contributed by atoms with Gasteiger partial charge in [-0.3, -0.25) is 10.1 Å². The quantitative estimate of drug-likeness (QED) is 0.486. The monoisotopic (exact) mass is 313 g/mol. The Balaban J connectivity index is 3.06. The molecule has 7 nitrogen and oxygen atoms in total. The number of pyridine rings is 1. The molecule has 0 bridgehead atoms. The van der Waals surface area contributed by atoms with E-state index < -0.39 is 16.9 Å². The molecule has 0 spiro atoms. The number of hydrogen-bond acceptors (Lipinski definition) is 5. The maximum absolute atomic E-state index is 10.9. The Labute approximate surface area is 111 Å². The van der Waals surface area contributed by atoms with Gasteiger partial charge in [-0.15, -0.1) is 12.3 Å². The summed E-state index contributed by atoms with van der Waals surface area (Å²) in [5.74, 6) is 0.844. The Hall–Kier alpha value is -2.14. The molecule has 1 rings (SSSR count). The summed E-state index contributed by atoms with van der Waals surface area (Å²) in [6.07, 6.45) is 6.24. The largest absolute Gasteiger partial charge is 0.480 e. The molecule has 1 heterocycles. The van der Waals surface area contributed by atoms with E-state index >= 15 is 0 Å². The first-order valence-corrected chi connectivity index (χ1v) is 5.47. The van der Waals surface area contributed by atoms with Crippen molar-refractivity contribution in [2.75, 3.05) is 5.32 Å². The Bertz CT molecular complexity index is 526. The van der Waals surface area contributed by atoms with Gasteiger partial charge >= 0.3 is 11.7 Å². The van der Waals surface area contributed by atoms with Crippen molar-refractivity contribution in [1.29, 1.82) is 0 Å². The molecule has 8 heteroatoms. The van der Waals surface area contributed by atoms with E-state index in [1.807, 2.05) is 0 Å². The van der Waals surface area contributed by atoms with Crippen LogP contribution in [0.5, 0.6) is 0 Å². The zero-order chi connectivity index (χ0) is 13.7. The maximum atomic E-state index is 10.9. The van der Waals surface area contributed by atoms with Crippen LogP contribution in [-0.4, -0.2) is 27.0 Å². The second-order valence-corrected chi connectivity index (χ2v) is 4.14. The van der Waals surface area contributed by atoms with Gasteiger partial charge in [0.25, 0.3) is 0 Å². The lowest BCUT2D eigenvalue weighted by Crippen LogP contribution is -2.29. The average Bonchev–Trinajstić information content (AvgIpc) is 2.30. The number of carboxylic acids is 1. The molecule has 1 unspecified atom stereocenters. The first-order chi connectivity index (χ1) is 8.45. The minimum atomic E-state index is -1.20. The molecule has 0 radical (unpaired) electrons. The Morgan fingerprint density at radius 2 is 2.44 bits per heavy atom. The SMILES string of the molecule is C#CCC(Nc1ncc(Br)cc1[N+](=O)[O-])C(=O)O. The molecule has 2 N–H and O–H groups in total. The highest BCUT2D eigenvalue weighted by molar-refractivity contribution is 9.10. The van der Waals surface area contributed by atoms with Crippen molar-refractivity contribution in [1.82, 2.24) is 4.98 Å². The second-order valence-electron chi connectivity index (χ2n) is 3.22. The Morgan fingerprint density at radius 1 is 1.78 bits per heavy atom. The van der Waals surface area contributed by atoms with Crippen LogP contribution in [0.3, 0.4) is 0 Å². The van der Waals surface area contributed by atoms with Crippen LogP contribution in [0.15, 0.2) is 16.7 Å². The molecular weight excluding hydrogens is 306 g/mol. The van der Waals surface area contributed by atoms with E-state index in [-0.39, 0.29) is 17.9 Å². The van der Waals surface area contributed by atoms with E-state index in [9.17, 15) is 14.9 Å². The molecule has 0 aliphatic rings. The molecule has 0 aromatic carbocycles. The minimum Gasteiger partial charge on any atom is -0.480 e. The van der Waals surface area contributed by atoms with Crippen molar-refractivity contribution in [3.05, 3.63) is 26.9 Å². The van der Waals surface area contributed by atoms with E-state index in [4.69, 9.17) is 11.5 Å². The van der Waals surface area contributed by atoms with Crippen molar-refractivity contribution in [3.8, 4) is 12.3 Å². The van der Waals surface area contributed by atoms with Gasteiger partial charge in [0.2, 0.25) is 5.82 Å². The fraction of sp³-hybridized carbons (Fsp3) is 0.200. The summed E-state index contributed by atoms with van der Waals surface area (Å²) in [6.45, 7) is 0. The molecule has 1 atom stereocenters. The number of rotatable bonds is 5. The van der Waals surface area contributed by atoms with Crippen molar-refractivity contribution >= 4 is 33.4 Å². The van der Waals surface area contributed by atoms with Crippen LogP contribution in [0.25, 0.3) is 0 Å². The predicted molar refractivity (Wildman–Crippen MR) is 67.1 cm³/mol. The standard InChI is InChI=1S/C10H8BrN3O4/c1-2-3-7(10(15)16)13-9-8(14(17)18)4-6(11)5-12-9/h1,4-5,7H,3H2,(H,12,13)(H,15,16). The van der Waals surface area contributed by atoms with Crippen LogP contribution < -0.4 is 5.32 Å². The first-order valence-electron chi connectivity index (χ1n) is 4.68. The minimum absolute atomic E-state index is 0.107. The fourth-order valence-corrected chi connectivity index (χ4v) is 1.48. The Kier molecular flexibility index (Phi) is 4.62. The number of nitrogens with one attached hydrogen (secondary N) is 1. The summed E-state index contributed by atoms with van der Waals surface area (Å²) in [7, 11) is 0. The normalized spacial score (nSPS) is 11.3. The topological polar surface area (TPSA) is 105 Å². The number of hydrogen-bond donors (Lipinski definition) is 2. The van der Waals surface area contributed by atoms with Gasteiger partial charge in [-0.25, -0.2) is 9.78 Å². The number of carboxylic acid groups (broad SMARTS) is 1. The molecule has 1 aromatic heterocycles. The van der Waals surface area contributed by atoms with Gasteiger partial charge < -0.3 is 10.4 Å². The van der Waals surface area contributed by atoms with Crippen LogP contribution in [0.1, 0.15) is 6.42 Å². The average molecular weight is 314 g/mol. The van der Waals surface area contributed by atoms with Crippen LogP contribution >= 0.6 is 15.9 Å². The highest BCUT2D eigenvalue weighted by Gasteiger charge is 2.22. The summed E-state index contributed by atoms with van der Waals surface area (Å²) in [5.41, 5.74) is -0.326. The summed E-state index contributed by atoms with van der Waals surface area (Å²) in [6, 6.07) is 0.104. The van der Waals surface area contributed by atoms with E-state index in [0.717, 1.165) is 0 Å². The van der Waals surface area contributed by atoms with Crippen molar-refractivity contribution in [2.45, 2.75) is 12.5 Å². The van der Waals surface area contributed by atoms with Crippen molar-refractivity contribution < 1.29 is 14.8 Å².